The van der Waals surface area contributed by atoms with E-state index < -0.39 is 7.14 Å². The van der Waals surface area contributed by atoms with E-state index in [2.05, 4.69) is 13.8 Å². The quantitative estimate of drug-likeness (QED) is 0.361. The molecular formula is C20H33O2P. The van der Waals surface area contributed by atoms with Crippen LogP contribution in [0.5, 0.6) is 0 Å². The molecule has 0 saturated heterocycles. The Morgan fingerprint density at radius 3 is 1.91 bits per heavy atom. The maximum Gasteiger partial charge on any atom is 0.221 e. The first-order chi connectivity index (χ1) is 10.9. The second-order valence-electron chi connectivity index (χ2n) is 6.83. The van der Waals surface area contributed by atoms with Gasteiger partial charge >= 0.3 is 0 Å². The maximum absolute atomic E-state index is 13.5. The van der Waals surface area contributed by atoms with Gasteiger partial charge in [-0.15, -0.1) is 0 Å². The Morgan fingerprint density at radius 1 is 0.870 bits per heavy atom. The lowest BCUT2D eigenvalue weighted by Crippen LogP contribution is -2.11. The van der Waals surface area contributed by atoms with Crippen LogP contribution in [0, 0.1) is 20.8 Å². The molecule has 1 unspecified atom stereocenters. The van der Waals surface area contributed by atoms with Crippen LogP contribution in [0.25, 0.3) is 0 Å². The molecule has 0 amide bonds. The fourth-order valence-corrected chi connectivity index (χ4v) is 6.20. The van der Waals surface area contributed by atoms with Crippen LogP contribution >= 0.6 is 7.14 Å². The number of aryl methyl sites for hydroxylation is 3. The number of carbonyl (C=O) groups is 1. The standard InChI is InChI=1S/C20H33O2P/c1-6-8-10-11-13-23(22,12-9-7-2)20(21)19-17(4)14-16(3)15-18(19)5/h14-15H,6-13H2,1-5H3. The largest absolute Gasteiger partial charge is 0.315 e. The van der Waals surface area contributed by atoms with Crippen molar-refractivity contribution in [2.45, 2.75) is 73.1 Å². The van der Waals surface area contributed by atoms with E-state index in [1.165, 1.54) is 0 Å². The van der Waals surface area contributed by atoms with Crippen LogP contribution in [0.4, 0.5) is 0 Å². The summed E-state index contributed by atoms with van der Waals surface area (Å²) in [7, 11) is -2.80. The van der Waals surface area contributed by atoms with Crippen LogP contribution in [0.1, 0.15) is 79.4 Å². The molecule has 3 heteroatoms. The Hall–Kier alpha value is -0.880. The van der Waals surface area contributed by atoms with Gasteiger partial charge in [-0.05, 0) is 44.7 Å². The van der Waals surface area contributed by atoms with Crippen LogP contribution < -0.4 is 0 Å². The van der Waals surface area contributed by atoms with E-state index in [0.717, 1.165) is 55.2 Å². The molecule has 0 saturated carbocycles. The van der Waals surface area contributed by atoms with Crippen molar-refractivity contribution in [2.75, 3.05) is 12.3 Å². The van der Waals surface area contributed by atoms with E-state index in [1.54, 1.807) is 0 Å². The third-order valence-electron chi connectivity index (χ3n) is 4.51. The summed E-state index contributed by atoms with van der Waals surface area (Å²) in [5, 5.41) is 0. The Kier molecular flexibility index (Phi) is 8.26. The molecule has 0 aliphatic rings. The molecule has 1 aromatic rings. The van der Waals surface area contributed by atoms with Gasteiger partial charge in [0.25, 0.3) is 0 Å². The van der Waals surface area contributed by atoms with E-state index in [9.17, 15) is 9.36 Å². The highest BCUT2D eigenvalue weighted by molar-refractivity contribution is 7.81. The van der Waals surface area contributed by atoms with Crippen molar-refractivity contribution in [3.63, 3.8) is 0 Å². The third-order valence-corrected chi connectivity index (χ3v) is 7.55. The Morgan fingerprint density at radius 2 is 1.39 bits per heavy atom. The van der Waals surface area contributed by atoms with E-state index in [1.807, 2.05) is 32.9 Å². The van der Waals surface area contributed by atoms with Gasteiger partial charge in [-0.25, -0.2) is 0 Å². The summed E-state index contributed by atoms with van der Waals surface area (Å²) in [6, 6.07) is 4.06. The lowest BCUT2D eigenvalue weighted by molar-refractivity contribution is 0.107. The summed E-state index contributed by atoms with van der Waals surface area (Å²) < 4.78 is 13.5. The molecule has 0 aromatic heterocycles. The fraction of sp³-hybridized carbons (Fsp3) is 0.650. The minimum absolute atomic E-state index is 0.0718. The average Bonchev–Trinajstić information content (AvgIpc) is 2.48. The summed E-state index contributed by atoms with van der Waals surface area (Å²) >= 11 is 0. The molecule has 1 atom stereocenters. The van der Waals surface area contributed by atoms with Crippen LogP contribution in [-0.2, 0) is 4.57 Å². The second kappa shape index (κ2) is 9.42. The van der Waals surface area contributed by atoms with Crippen molar-refractivity contribution in [3.8, 4) is 0 Å². The zero-order valence-electron chi connectivity index (χ0n) is 15.6. The second-order valence-corrected chi connectivity index (χ2v) is 9.91. The van der Waals surface area contributed by atoms with Gasteiger partial charge in [0.15, 0.2) is 7.14 Å². The van der Waals surface area contributed by atoms with Gasteiger partial charge in [-0.3, -0.25) is 4.79 Å². The first kappa shape index (κ1) is 20.2. The molecule has 0 fully saturated rings. The van der Waals surface area contributed by atoms with Crippen molar-refractivity contribution < 1.29 is 9.36 Å². The first-order valence-corrected chi connectivity index (χ1v) is 11.1. The molecule has 0 heterocycles. The van der Waals surface area contributed by atoms with Gasteiger partial charge in [0.05, 0.1) is 0 Å². The normalized spacial score (nSPS) is 13.8. The van der Waals surface area contributed by atoms with Crippen molar-refractivity contribution >= 4 is 12.7 Å². The molecule has 1 aromatic carbocycles. The smallest absolute Gasteiger partial charge is 0.221 e. The highest BCUT2D eigenvalue weighted by Gasteiger charge is 2.33. The molecule has 130 valence electrons. The molecular weight excluding hydrogens is 303 g/mol. The van der Waals surface area contributed by atoms with Gasteiger partial charge < -0.3 is 4.57 Å². The Bertz CT molecular complexity index is 552. The summed E-state index contributed by atoms with van der Waals surface area (Å²) in [5.74, 6) is 0. The Balaban J connectivity index is 3.06. The summed E-state index contributed by atoms with van der Waals surface area (Å²) in [6.07, 6.45) is 7.31. The van der Waals surface area contributed by atoms with Crippen LogP contribution in [0.3, 0.4) is 0 Å². The number of benzene rings is 1. The number of hydrogen-bond acceptors (Lipinski definition) is 2. The van der Waals surface area contributed by atoms with Gasteiger partial charge in [0, 0.05) is 17.9 Å². The molecule has 2 nitrogen and oxygen atoms in total. The molecule has 0 N–H and O–H groups in total. The first-order valence-electron chi connectivity index (χ1n) is 9.06. The average molecular weight is 336 g/mol. The van der Waals surface area contributed by atoms with Crippen molar-refractivity contribution in [2.24, 2.45) is 0 Å². The zero-order chi connectivity index (χ0) is 17.5. The summed E-state index contributed by atoms with van der Waals surface area (Å²) in [4.78, 5) is 13.1. The number of carbonyl (C=O) groups excluding carboxylic acids is 1. The zero-order valence-corrected chi connectivity index (χ0v) is 16.5. The number of unbranched alkanes of at least 4 members (excludes halogenated alkanes) is 4. The predicted octanol–water partition coefficient (Wildman–Crippen LogP) is 6.50. The molecule has 0 aliphatic heterocycles. The van der Waals surface area contributed by atoms with Crippen LogP contribution in [0.2, 0.25) is 0 Å². The highest BCUT2D eigenvalue weighted by Crippen LogP contribution is 2.51. The van der Waals surface area contributed by atoms with E-state index in [-0.39, 0.29) is 5.52 Å². The lowest BCUT2D eigenvalue weighted by Gasteiger charge is -2.20. The molecule has 0 radical (unpaired) electrons. The maximum atomic E-state index is 13.5. The number of hydrogen-bond donors (Lipinski definition) is 0. The molecule has 1 rings (SSSR count). The third kappa shape index (κ3) is 5.60. The minimum atomic E-state index is -2.80. The number of rotatable bonds is 10. The van der Waals surface area contributed by atoms with Crippen molar-refractivity contribution in [3.05, 3.63) is 34.4 Å². The molecule has 0 bridgehead atoms. The topological polar surface area (TPSA) is 34.1 Å². The van der Waals surface area contributed by atoms with Crippen LogP contribution in [0.15, 0.2) is 12.1 Å². The predicted molar refractivity (Wildman–Crippen MR) is 101 cm³/mol. The summed E-state index contributed by atoms with van der Waals surface area (Å²) in [5.41, 5.74) is 3.74. The SMILES string of the molecule is CCCCCCP(=O)(CCCC)C(=O)c1c(C)cc(C)cc1C. The van der Waals surface area contributed by atoms with E-state index >= 15 is 0 Å². The molecule has 0 spiro atoms. The van der Waals surface area contributed by atoms with E-state index in [0.29, 0.717) is 17.9 Å². The monoisotopic (exact) mass is 336 g/mol. The van der Waals surface area contributed by atoms with Gasteiger partial charge in [0.1, 0.15) is 0 Å². The fourth-order valence-electron chi connectivity index (χ4n) is 3.24. The molecule has 23 heavy (non-hydrogen) atoms. The highest BCUT2D eigenvalue weighted by atomic mass is 31.2. The van der Waals surface area contributed by atoms with Gasteiger partial charge in [0.2, 0.25) is 5.52 Å². The van der Waals surface area contributed by atoms with Crippen molar-refractivity contribution in [1.82, 2.24) is 0 Å². The van der Waals surface area contributed by atoms with Gasteiger partial charge in [-0.1, -0.05) is 57.2 Å². The molecule has 0 aliphatic carbocycles. The minimum Gasteiger partial charge on any atom is -0.315 e. The van der Waals surface area contributed by atoms with Crippen LogP contribution in [-0.4, -0.2) is 17.8 Å². The summed E-state index contributed by atoms with van der Waals surface area (Å²) in [6.45, 7) is 10.2. The van der Waals surface area contributed by atoms with E-state index in [4.69, 9.17) is 0 Å². The Labute approximate surface area is 142 Å². The van der Waals surface area contributed by atoms with Gasteiger partial charge in [-0.2, -0.15) is 0 Å². The van der Waals surface area contributed by atoms with Crippen molar-refractivity contribution in [1.29, 1.82) is 0 Å². The lowest BCUT2D eigenvalue weighted by atomic mass is 10.0.